The van der Waals surface area contributed by atoms with Crippen LogP contribution in [0.15, 0.2) is 11.0 Å². The fourth-order valence-corrected chi connectivity index (χ4v) is 2.09. The van der Waals surface area contributed by atoms with Crippen LogP contribution in [0, 0.1) is 5.92 Å². The first-order valence-electron chi connectivity index (χ1n) is 7.13. The number of aromatic nitrogens is 2. The second-order valence-corrected chi connectivity index (χ2v) is 5.65. The first-order chi connectivity index (χ1) is 9.49. The zero-order chi connectivity index (χ0) is 15.1. The van der Waals surface area contributed by atoms with E-state index >= 15 is 0 Å². The Morgan fingerprint density at radius 1 is 1.40 bits per heavy atom. The Morgan fingerprint density at radius 3 is 2.60 bits per heavy atom. The summed E-state index contributed by atoms with van der Waals surface area (Å²) in [4.78, 5) is 14.1. The van der Waals surface area contributed by atoms with E-state index in [9.17, 15) is 4.79 Å². The molecule has 20 heavy (non-hydrogen) atoms. The van der Waals surface area contributed by atoms with Crippen molar-refractivity contribution in [2.75, 3.05) is 32.5 Å². The van der Waals surface area contributed by atoms with E-state index < -0.39 is 0 Å². The van der Waals surface area contributed by atoms with Crippen LogP contribution in [0.4, 0.5) is 5.69 Å². The predicted molar refractivity (Wildman–Crippen MR) is 84.6 cm³/mol. The Balaban J connectivity index is 2.76. The van der Waals surface area contributed by atoms with Gasteiger partial charge in [-0.3, -0.25) is 4.79 Å². The van der Waals surface area contributed by atoms with Gasteiger partial charge in [0.05, 0.1) is 18.4 Å². The van der Waals surface area contributed by atoms with Crippen molar-refractivity contribution in [1.29, 1.82) is 0 Å². The van der Waals surface area contributed by atoms with Crippen LogP contribution in [0.1, 0.15) is 26.7 Å². The third kappa shape index (κ3) is 4.80. The monoisotopic (exact) mass is 300 g/mol. The van der Waals surface area contributed by atoms with Gasteiger partial charge in [0.25, 0.3) is 5.56 Å². The van der Waals surface area contributed by atoms with E-state index in [-0.39, 0.29) is 10.6 Å². The molecule has 0 aliphatic rings. The summed E-state index contributed by atoms with van der Waals surface area (Å²) in [5.41, 5.74) is 0.396. The molecule has 0 radical (unpaired) electrons. The number of anilines is 1. The summed E-state index contributed by atoms with van der Waals surface area (Å²) in [6.07, 6.45) is 3.85. The summed E-state index contributed by atoms with van der Waals surface area (Å²) in [6, 6.07) is 0. The highest BCUT2D eigenvalue weighted by atomic mass is 35.5. The maximum atomic E-state index is 12.1. The highest BCUT2D eigenvalue weighted by Gasteiger charge is 2.10. The minimum absolute atomic E-state index is 0.227. The fourth-order valence-electron chi connectivity index (χ4n) is 1.87. The maximum Gasteiger partial charge on any atom is 0.287 e. The van der Waals surface area contributed by atoms with E-state index in [4.69, 9.17) is 11.6 Å². The SMILES string of the molecule is CCC(CC)CNc1cnn(CCN(C)C)c(=O)c1Cl. The second-order valence-electron chi connectivity index (χ2n) is 5.27. The average molecular weight is 301 g/mol. The van der Waals surface area contributed by atoms with Gasteiger partial charge in [-0.15, -0.1) is 0 Å². The van der Waals surface area contributed by atoms with Gasteiger partial charge in [-0.05, 0) is 20.0 Å². The van der Waals surface area contributed by atoms with Crippen LogP contribution in [0.3, 0.4) is 0 Å². The van der Waals surface area contributed by atoms with Gasteiger partial charge in [-0.25, -0.2) is 4.68 Å². The van der Waals surface area contributed by atoms with Gasteiger partial charge in [-0.1, -0.05) is 38.3 Å². The molecule has 114 valence electrons. The first kappa shape index (κ1) is 17.0. The normalized spacial score (nSPS) is 11.3. The maximum absolute atomic E-state index is 12.1. The number of rotatable bonds is 8. The summed E-state index contributed by atoms with van der Waals surface area (Å²) in [5.74, 6) is 0.585. The molecule has 1 aromatic heterocycles. The Labute approximate surface area is 125 Å². The van der Waals surface area contributed by atoms with Crippen LogP contribution in [0.5, 0.6) is 0 Å². The van der Waals surface area contributed by atoms with Crippen molar-refractivity contribution in [1.82, 2.24) is 14.7 Å². The third-order valence-corrected chi connectivity index (χ3v) is 3.85. The van der Waals surface area contributed by atoms with Gasteiger partial charge < -0.3 is 10.2 Å². The fraction of sp³-hybridized carbons (Fsp3) is 0.714. The zero-order valence-electron chi connectivity index (χ0n) is 12.8. The lowest BCUT2D eigenvalue weighted by Crippen LogP contribution is -2.29. The van der Waals surface area contributed by atoms with Crippen molar-refractivity contribution >= 4 is 17.3 Å². The highest BCUT2D eigenvalue weighted by Crippen LogP contribution is 2.17. The summed E-state index contributed by atoms with van der Waals surface area (Å²) in [5, 5.41) is 7.63. The molecule has 0 amide bonds. The Hall–Kier alpha value is -1.07. The Kier molecular flexibility index (Phi) is 7.02. The Bertz CT molecular complexity index is 469. The molecule has 1 rings (SSSR count). The number of halogens is 1. The molecule has 1 N–H and O–H groups in total. The Morgan fingerprint density at radius 2 is 2.05 bits per heavy atom. The molecule has 0 bridgehead atoms. The van der Waals surface area contributed by atoms with Crippen molar-refractivity contribution < 1.29 is 0 Å². The van der Waals surface area contributed by atoms with E-state index in [1.54, 1.807) is 6.20 Å². The lowest BCUT2D eigenvalue weighted by atomic mass is 10.0. The molecule has 0 spiro atoms. The summed E-state index contributed by atoms with van der Waals surface area (Å²) >= 11 is 6.13. The largest absolute Gasteiger partial charge is 0.382 e. The van der Waals surface area contributed by atoms with E-state index in [1.165, 1.54) is 4.68 Å². The molecule has 0 atom stereocenters. The smallest absolute Gasteiger partial charge is 0.287 e. The van der Waals surface area contributed by atoms with Gasteiger partial charge in [0.2, 0.25) is 0 Å². The molecule has 1 aromatic rings. The number of nitrogens with one attached hydrogen (secondary N) is 1. The molecule has 0 unspecified atom stereocenters. The van der Waals surface area contributed by atoms with Crippen LogP contribution in [0.25, 0.3) is 0 Å². The number of likely N-dealkylation sites (N-methyl/N-ethyl adjacent to an activating group) is 1. The topological polar surface area (TPSA) is 50.2 Å². The standard InChI is InChI=1S/C14H25ClN4O/c1-5-11(6-2)9-16-12-10-17-19(8-7-18(3)4)14(20)13(12)15/h10-11,16H,5-9H2,1-4H3. The molecule has 1 heterocycles. The van der Waals surface area contributed by atoms with Gasteiger partial charge in [0.1, 0.15) is 5.02 Å². The number of hydrogen-bond acceptors (Lipinski definition) is 4. The minimum Gasteiger partial charge on any atom is -0.382 e. The zero-order valence-corrected chi connectivity index (χ0v) is 13.6. The number of hydrogen-bond donors (Lipinski definition) is 1. The van der Waals surface area contributed by atoms with E-state index in [0.717, 1.165) is 25.9 Å². The van der Waals surface area contributed by atoms with Crippen LogP contribution in [-0.2, 0) is 6.54 Å². The molecule has 0 aliphatic heterocycles. The van der Waals surface area contributed by atoms with Crippen LogP contribution in [-0.4, -0.2) is 41.9 Å². The lowest BCUT2D eigenvalue weighted by Gasteiger charge is -2.16. The summed E-state index contributed by atoms with van der Waals surface area (Å²) < 4.78 is 1.41. The quantitative estimate of drug-likeness (QED) is 0.800. The van der Waals surface area contributed by atoms with Gasteiger partial charge in [0.15, 0.2) is 0 Å². The van der Waals surface area contributed by atoms with Crippen LogP contribution in [0.2, 0.25) is 5.02 Å². The van der Waals surface area contributed by atoms with Gasteiger partial charge >= 0.3 is 0 Å². The van der Waals surface area contributed by atoms with Crippen LogP contribution < -0.4 is 10.9 Å². The minimum atomic E-state index is -0.233. The first-order valence-corrected chi connectivity index (χ1v) is 7.51. The molecular formula is C14H25ClN4O. The summed E-state index contributed by atoms with van der Waals surface area (Å²) in [7, 11) is 3.91. The third-order valence-electron chi connectivity index (χ3n) is 3.48. The van der Waals surface area contributed by atoms with Crippen molar-refractivity contribution in [2.45, 2.75) is 33.2 Å². The molecule has 6 heteroatoms. The van der Waals surface area contributed by atoms with Crippen molar-refractivity contribution in [3.05, 3.63) is 21.6 Å². The van der Waals surface area contributed by atoms with Gasteiger partial charge in [0, 0.05) is 13.1 Å². The molecule has 0 saturated carbocycles. The molecule has 5 nitrogen and oxygen atoms in total. The second kappa shape index (κ2) is 8.27. The summed E-state index contributed by atoms with van der Waals surface area (Å²) in [6.45, 7) is 6.43. The molecule has 0 saturated heterocycles. The predicted octanol–water partition coefficient (Wildman–Crippen LogP) is 2.31. The van der Waals surface area contributed by atoms with Crippen molar-refractivity contribution in [2.24, 2.45) is 5.92 Å². The highest BCUT2D eigenvalue weighted by molar-refractivity contribution is 6.32. The molecule has 0 fully saturated rings. The molecule has 0 aromatic carbocycles. The van der Waals surface area contributed by atoms with Crippen molar-refractivity contribution in [3.8, 4) is 0 Å². The molecular weight excluding hydrogens is 276 g/mol. The van der Waals surface area contributed by atoms with E-state index in [0.29, 0.717) is 18.2 Å². The lowest BCUT2D eigenvalue weighted by molar-refractivity contribution is 0.367. The van der Waals surface area contributed by atoms with E-state index in [2.05, 4.69) is 24.3 Å². The average Bonchev–Trinajstić information content (AvgIpc) is 2.43. The van der Waals surface area contributed by atoms with Crippen molar-refractivity contribution in [3.63, 3.8) is 0 Å². The van der Waals surface area contributed by atoms with Crippen LogP contribution >= 0.6 is 11.6 Å². The number of nitrogens with zero attached hydrogens (tertiary/aromatic N) is 3. The van der Waals surface area contributed by atoms with Gasteiger partial charge in [-0.2, -0.15) is 5.10 Å². The van der Waals surface area contributed by atoms with E-state index in [1.807, 2.05) is 19.0 Å². The molecule has 0 aliphatic carbocycles.